The third-order valence-corrected chi connectivity index (χ3v) is 3.71. The van der Waals surface area contributed by atoms with Gasteiger partial charge in [0.1, 0.15) is 23.2 Å². The summed E-state index contributed by atoms with van der Waals surface area (Å²) >= 11 is 3.08. The fraction of sp³-hybridized carbons (Fsp3) is 0.333. The zero-order chi connectivity index (χ0) is 14.7. The van der Waals surface area contributed by atoms with Gasteiger partial charge in [0.15, 0.2) is 0 Å². The summed E-state index contributed by atoms with van der Waals surface area (Å²) in [6, 6.07) is 6.04. The van der Waals surface area contributed by atoms with Gasteiger partial charge < -0.3 is 9.73 Å². The number of likely N-dealkylation sites (N-methyl/N-ethyl adjacent to an activating group) is 1. The van der Waals surface area contributed by atoms with Crippen LogP contribution >= 0.6 is 15.9 Å². The van der Waals surface area contributed by atoms with Gasteiger partial charge in [-0.25, -0.2) is 8.78 Å². The highest BCUT2D eigenvalue weighted by Crippen LogP contribution is 2.27. The van der Waals surface area contributed by atoms with Crippen LogP contribution in [0.5, 0.6) is 0 Å². The second kappa shape index (κ2) is 6.50. The summed E-state index contributed by atoms with van der Waals surface area (Å²) in [4.78, 5) is 0. The fourth-order valence-electron chi connectivity index (χ4n) is 2.12. The predicted molar refractivity (Wildman–Crippen MR) is 77.6 cm³/mol. The summed E-state index contributed by atoms with van der Waals surface area (Å²) in [5.41, 5.74) is 0.0550. The maximum absolute atomic E-state index is 14.0. The third-order valence-electron chi connectivity index (χ3n) is 3.10. The van der Waals surface area contributed by atoms with Crippen LogP contribution in [0.2, 0.25) is 0 Å². The van der Waals surface area contributed by atoms with Gasteiger partial charge in [-0.3, -0.25) is 0 Å². The molecule has 1 heterocycles. The molecule has 0 amide bonds. The molecule has 1 unspecified atom stereocenters. The summed E-state index contributed by atoms with van der Waals surface area (Å²) in [6.07, 6.45) is 0.192. The number of nitrogens with one attached hydrogen (secondary N) is 1. The lowest BCUT2D eigenvalue weighted by Crippen LogP contribution is -2.23. The summed E-state index contributed by atoms with van der Waals surface area (Å²) in [5, 5.41) is 3.19. The lowest BCUT2D eigenvalue weighted by molar-refractivity contribution is 0.395. The van der Waals surface area contributed by atoms with Gasteiger partial charge in [0, 0.05) is 12.0 Å². The topological polar surface area (TPSA) is 25.2 Å². The molecule has 0 fully saturated rings. The Hall–Kier alpha value is -1.20. The number of hydrogen-bond acceptors (Lipinski definition) is 2. The number of rotatable bonds is 5. The molecule has 1 aromatic carbocycles. The van der Waals surface area contributed by atoms with E-state index in [1.54, 1.807) is 0 Å². The SMILES string of the molecule is CCNC(Cc1c(F)ccc(Br)c1F)c1ccc(C)o1. The Labute approximate surface area is 125 Å². The average molecular weight is 344 g/mol. The van der Waals surface area contributed by atoms with Crippen molar-refractivity contribution < 1.29 is 13.2 Å². The van der Waals surface area contributed by atoms with Crippen LogP contribution in [0.25, 0.3) is 0 Å². The van der Waals surface area contributed by atoms with Crippen molar-refractivity contribution in [1.29, 1.82) is 0 Å². The van der Waals surface area contributed by atoms with E-state index in [4.69, 9.17) is 4.42 Å². The maximum atomic E-state index is 14.0. The zero-order valence-electron chi connectivity index (χ0n) is 11.3. The molecule has 2 rings (SSSR count). The molecule has 2 aromatic rings. The highest BCUT2D eigenvalue weighted by molar-refractivity contribution is 9.10. The Kier molecular flexibility index (Phi) is 4.94. The Balaban J connectivity index is 2.31. The molecule has 0 aliphatic carbocycles. The Morgan fingerprint density at radius 2 is 2.00 bits per heavy atom. The minimum Gasteiger partial charge on any atom is -0.465 e. The highest BCUT2D eigenvalue weighted by atomic mass is 79.9. The molecule has 20 heavy (non-hydrogen) atoms. The lowest BCUT2D eigenvalue weighted by Gasteiger charge is -2.17. The zero-order valence-corrected chi connectivity index (χ0v) is 12.9. The minimum atomic E-state index is -0.559. The van der Waals surface area contributed by atoms with E-state index >= 15 is 0 Å². The van der Waals surface area contributed by atoms with Gasteiger partial charge in [-0.1, -0.05) is 6.92 Å². The van der Waals surface area contributed by atoms with E-state index in [0.717, 1.165) is 5.76 Å². The van der Waals surface area contributed by atoms with Crippen molar-refractivity contribution >= 4 is 15.9 Å². The normalized spacial score (nSPS) is 12.7. The Bertz CT molecular complexity index is 598. The quantitative estimate of drug-likeness (QED) is 0.807. The van der Waals surface area contributed by atoms with E-state index in [9.17, 15) is 8.78 Å². The third kappa shape index (κ3) is 3.27. The van der Waals surface area contributed by atoms with Crippen LogP contribution in [0, 0.1) is 18.6 Å². The molecule has 5 heteroatoms. The molecular formula is C15H16BrF2NO. The molecule has 0 aliphatic rings. The van der Waals surface area contributed by atoms with Crippen LogP contribution in [0.15, 0.2) is 33.2 Å². The number of halogens is 3. The van der Waals surface area contributed by atoms with E-state index in [2.05, 4.69) is 21.2 Å². The first-order valence-corrected chi connectivity index (χ1v) is 7.24. The van der Waals surface area contributed by atoms with Gasteiger partial charge in [-0.15, -0.1) is 0 Å². The Morgan fingerprint density at radius 3 is 2.60 bits per heavy atom. The number of furan rings is 1. The van der Waals surface area contributed by atoms with E-state index in [-0.39, 0.29) is 22.5 Å². The molecule has 0 aliphatic heterocycles. The van der Waals surface area contributed by atoms with Crippen LogP contribution in [0.1, 0.15) is 30.0 Å². The fourth-order valence-corrected chi connectivity index (χ4v) is 2.49. The summed E-state index contributed by atoms with van der Waals surface area (Å²) in [7, 11) is 0. The van der Waals surface area contributed by atoms with Gasteiger partial charge in [0.05, 0.1) is 10.5 Å². The standard InChI is InChI=1S/C15H16BrF2NO/c1-3-19-13(14-7-4-9(2)20-14)8-10-12(17)6-5-11(16)15(10)18/h4-7,13,19H,3,8H2,1-2H3. The largest absolute Gasteiger partial charge is 0.465 e. The van der Waals surface area contributed by atoms with Crippen LogP contribution < -0.4 is 5.32 Å². The van der Waals surface area contributed by atoms with Crippen molar-refractivity contribution in [1.82, 2.24) is 5.32 Å². The molecular weight excluding hydrogens is 328 g/mol. The summed E-state index contributed by atoms with van der Waals surface area (Å²) < 4.78 is 33.7. The molecule has 0 saturated carbocycles. The Morgan fingerprint density at radius 1 is 1.25 bits per heavy atom. The smallest absolute Gasteiger partial charge is 0.143 e. The average Bonchev–Trinajstić information content (AvgIpc) is 2.84. The van der Waals surface area contributed by atoms with E-state index in [1.807, 2.05) is 26.0 Å². The number of benzene rings is 1. The van der Waals surface area contributed by atoms with Gasteiger partial charge in [0.2, 0.25) is 0 Å². The molecule has 1 atom stereocenters. The molecule has 2 nitrogen and oxygen atoms in total. The maximum Gasteiger partial charge on any atom is 0.143 e. The first-order chi connectivity index (χ1) is 9.52. The van der Waals surface area contributed by atoms with E-state index in [1.165, 1.54) is 12.1 Å². The van der Waals surface area contributed by atoms with Gasteiger partial charge in [-0.2, -0.15) is 0 Å². The molecule has 1 aromatic heterocycles. The highest BCUT2D eigenvalue weighted by Gasteiger charge is 2.20. The van der Waals surface area contributed by atoms with Crippen molar-refractivity contribution in [2.75, 3.05) is 6.54 Å². The number of aryl methyl sites for hydroxylation is 1. The lowest BCUT2D eigenvalue weighted by atomic mass is 10.0. The van der Waals surface area contributed by atoms with Crippen molar-refractivity contribution in [2.24, 2.45) is 0 Å². The van der Waals surface area contributed by atoms with E-state index < -0.39 is 11.6 Å². The number of hydrogen-bond donors (Lipinski definition) is 1. The van der Waals surface area contributed by atoms with Crippen LogP contribution in [0.3, 0.4) is 0 Å². The summed E-state index contributed by atoms with van der Waals surface area (Å²) in [5.74, 6) is 0.356. The molecule has 108 valence electrons. The van der Waals surface area contributed by atoms with Crippen molar-refractivity contribution in [3.8, 4) is 0 Å². The second-order valence-electron chi connectivity index (χ2n) is 4.58. The molecule has 0 spiro atoms. The predicted octanol–water partition coefficient (Wildman–Crippen LogP) is 4.52. The summed E-state index contributed by atoms with van der Waals surface area (Å²) in [6.45, 7) is 4.46. The van der Waals surface area contributed by atoms with Crippen molar-refractivity contribution in [3.05, 3.63) is 57.5 Å². The minimum absolute atomic E-state index is 0.0550. The van der Waals surface area contributed by atoms with Crippen molar-refractivity contribution in [3.63, 3.8) is 0 Å². The molecule has 1 N–H and O–H groups in total. The van der Waals surface area contributed by atoms with Gasteiger partial charge in [0.25, 0.3) is 0 Å². The van der Waals surface area contributed by atoms with Gasteiger partial charge >= 0.3 is 0 Å². The van der Waals surface area contributed by atoms with Crippen LogP contribution in [-0.4, -0.2) is 6.54 Å². The van der Waals surface area contributed by atoms with Crippen LogP contribution in [0.4, 0.5) is 8.78 Å². The molecule has 0 bridgehead atoms. The van der Waals surface area contributed by atoms with E-state index in [0.29, 0.717) is 12.3 Å². The molecule has 0 radical (unpaired) electrons. The first-order valence-electron chi connectivity index (χ1n) is 6.45. The van der Waals surface area contributed by atoms with Crippen LogP contribution in [-0.2, 0) is 6.42 Å². The molecule has 0 saturated heterocycles. The van der Waals surface area contributed by atoms with Gasteiger partial charge in [-0.05, 0) is 53.7 Å². The van der Waals surface area contributed by atoms with Crippen molar-refractivity contribution in [2.45, 2.75) is 26.3 Å². The monoisotopic (exact) mass is 343 g/mol. The first kappa shape index (κ1) is 15.2. The second-order valence-corrected chi connectivity index (χ2v) is 5.44.